The van der Waals surface area contributed by atoms with Crippen molar-refractivity contribution in [2.24, 2.45) is 5.73 Å². The Morgan fingerprint density at radius 3 is 2.62 bits per heavy atom. The Morgan fingerprint density at radius 2 is 1.92 bits per heavy atom. The van der Waals surface area contributed by atoms with Crippen molar-refractivity contribution >= 4 is 38.2 Å². The number of fused-ring (bicyclic) bond motifs is 2. The number of sulfone groups is 1. The second-order valence-electron chi connectivity index (χ2n) is 10.8. The number of hydrogen-bond donors (Lipinski definition) is 2. The molecule has 0 bridgehead atoms. The Labute approximate surface area is 229 Å². The fraction of sp³-hybridized carbons (Fsp3) is 0.500. The molecule has 3 aromatic heterocycles. The number of nitrogens with zero attached hydrogens (tertiary/aromatic N) is 3. The van der Waals surface area contributed by atoms with Crippen molar-refractivity contribution < 1.29 is 22.7 Å². The molecule has 1 aliphatic heterocycles. The van der Waals surface area contributed by atoms with E-state index in [1.165, 1.54) is 6.26 Å². The van der Waals surface area contributed by atoms with Crippen LogP contribution in [0.25, 0.3) is 10.8 Å². The van der Waals surface area contributed by atoms with Crippen LogP contribution in [-0.2, 0) is 20.1 Å². The number of nitrogens with two attached hydrogens (primary N) is 1. The van der Waals surface area contributed by atoms with Gasteiger partial charge in [0.15, 0.2) is 0 Å². The van der Waals surface area contributed by atoms with Crippen molar-refractivity contribution in [1.82, 2.24) is 15.0 Å². The molecule has 0 unspecified atom stereocenters. The molecule has 0 radical (unpaired) electrons. The van der Waals surface area contributed by atoms with E-state index in [1.54, 1.807) is 24.5 Å². The summed E-state index contributed by atoms with van der Waals surface area (Å²) in [5.74, 6) is 1.08. The van der Waals surface area contributed by atoms with Crippen molar-refractivity contribution in [3.8, 4) is 5.88 Å². The highest BCUT2D eigenvalue weighted by Gasteiger charge is 2.31. The number of nitrogens with one attached hydrogen (secondary N) is 1. The van der Waals surface area contributed by atoms with Gasteiger partial charge in [-0.1, -0.05) is 20.3 Å². The summed E-state index contributed by atoms with van der Waals surface area (Å²) in [5, 5.41) is 4.77. The summed E-state index contributed by atoms with van der Waals surface area (Å²) in [7, 11) is -3.11. The van der Waals surface area contributed by atoms with Crippen LogP contribution in [0.3, 0.4) is 0 Å². The molecule has 4 heterocycles. The van der Waals surface area contributed by atoms with E-state index in [2.05, 4.69) is 22.2 Å². The van der Waals surface area contributed by atoms with E-state index in [4.69, 9.17) is 20.2 Å². The maximum Gasteiger partial charge on any atom is 0.340 e. The zero-order valence-corrected chi connectivity index (χ0v) is 24.1. The van der Waals surface area contributed by atoms with Gasteiger partial charge < -0.3 is 20.5 Å². The molecule has 39 heavy (non-hydrogen) atoms. The Morgan fingerprint density at radius 1 is 1.18 bits per heavy atom. The van der Waals surface area contributed by atoms with Gasteiger partial charge in [-0.3, -0.25) is 0 Å². The molecule has 0 saturated heterocycles. The van der Waals surface area contributed by atoms with Gasteiger partial charge in [-0.05, 0) is 62.8 Å². The molecule has 10 nitrogen and oxygen atoms in total. The Hall–Kier alpha value is -3.31. The average Bonchev–Trinajstić information content (AvgIpc) is 2.85. The van der Waals surface area contributed by atoms with Crippen LogP contribution in [0, 0.1) is 0 Å². The lowest BCUT2D eigenvalue weighted by molar-refractivity contribution is 0.0235. The van der Waals surface area contributed by atoms with E-state index >= 15 is 0 Å². The molecule has 4 rings (SSSR count). The summed E-state index contributed by atoms with van der Waals surface area (Å²) in [6.45, 7) is 9.71. The van der Waals surface area contributed by atoms with E-state index in [0.29, 0.717) is 40.6 Å². The quantitative estimate of drug-likeness (QED) is 0.340. The molecule has 0 saturated carbocycles. The lowest BCUT2D eigenvalue weighted by Gasteiger charge is -2.27. The Bertz CT molecular complexity index is 1490. The molecular formula is C28H37N5O5S. The van der Waals surface area contributed by atoms with Gasteiger partial charge in [0.05, 0.1) is 28.5 Å². The summed E-state index contributed by atoms with van der Waals surface area (Å²) >= 11 is 0. The average molecular weight is 556 g/mol. The van der Waals surface area contributed by atoms with Gasteiger partial charge in [-0.2, -0.15) is 0 Å². The molecule has 11 heteroatoms. The fourth-order valence-corrected chi connectivity index (χ4v) is 5.52. The number of hydrogen-bond acceptors (Lipinski definition) is 10. The molecule has 4 atom stereocenters. The second-order valence-corrected chi connectivity index (χ2v) is 13.0. The van der Waals surface area contributed by atoms with Crippen LogP contribution in [0.15, 0.2) is 30.6 Å². The third kappa shape index (κ3) is 6.47. The van der Waals surface area contributed by atoms with Crippen LogP contribution in [0.2, 0.25) is 0 Å². The third-order valence-corrected chi connectivity index (χ3v) is 8.13. The van der Waals surface area contributed by atoms with E-state index in [0.717, 1.165) is 23.8 Å². The molecule has 3 N–H and O–H groups in total. The zero-order valence-electron chi connectivity index (χ0n) is 23.3. The molecule has 210 valence electrons. The first-order valence-corrected chi connectivity index (χ1v) is 15.3. The van der Waals surface area contributed by atoms with Crippen molar-refractivity contribution in [3.05, 3.63) is 47.4 Å². The van der Waals surface area contributed by atoms with Crippen molar-refractivity contribution in [1.29, 1.82) is 0 Å². The number of cyclic esters (lactones) is 1. The highest BCUT2D eigenvalue weighted by Crippen LogP contribution is 2.36. The van der Waals surface area contributed by atoms with E-state index < -0.39 is 15.4 Å². The van der Waals surface area contributed by atoms with Crippen LogP contribution in [0.1, 0.15) is 81.4 Å². The Kier molecular flexibility index (Phi) is 8.13. The molecular weight excluding hydrogens is 518 g/mol. The smallest absolute Gasteiger partial charge is 0.340 e. The van der Waals surface area contributed by atoms with Crippen LogP contribution in [0.4, 0.5) is 11.6 Å². The highest BCUT2D eigenvalue weighted by atomic mass is 32.2. The minimum Gasteiger partial charge on any atom is -0.474 e. The predicted molar refractivity (Wildman–Crippen MR) is 151 cm³/mol. The summed E-state index contributed by atoms with van der Waals surface area (Å²) < 4.78 is 34.7. The molecule has 3 aromatic rings. The number of carbonyl (C=O) groups is 1. The minimum absolute atomic E-state index is 0.0246. The number of aromatic nitrogens is 3. The maximum absolute atomic E-state index is 12.3. The lowest BCUT2D eigenvalue weighted by Crippen LogP contribution is -2.33. The maximum atomic E-state index is 12.3. The van der Waals surface area contributed by atoms with Gasteiger partial charge in [-0.25, -0.2) is 28.2 Å². The van der Waals surface area contributed by atoms with Crippen LogP contribution in [-0.4, -0.2) is 53.6 Å². The number of anilines is 2. The molecule has 0 amide bonds. The first kappa shape index (κ1) is 28.7. The largest absolute Gasteiger partial charge is 0.474 e. The number of rotatable bonds is 10. The van der Waals surface area contributed by atoms with E-state index in [9.17, 15) is 13.2 Å². The summed E-state index contributed by atoms with van der Waals surface area (Å²) in [5.41, 5.74) is 8.10. The zero-order chi connectivity index (χ0) is 28.5. The van der Waals surface area contributed by atoms with Gasteiger partial charge in [0.1, 0.15) is 27.6 Å². The SMILES string of the molecule is CCC[C@@](C)(N)c1cnc(O[C@H](C)CCS(C)(=O)=O)c2cnc(Nc3ccc4c(n3)[C@@H](C)[C@H](C)OC4=O)cc12. The minimum atomic E-state index is -3.11. The van der Waals surface area contributed by atoms with Gasteiger partial charge in [0, 0.05) is 30.1 Å². The molecule has 1 aliphatic rings. The first-order chi connectivity index (χ1) is 18.3. The highest BCUT2D eigenvalue weighted by molar-refractivity contribution is 7.90. The molecule has 0 aromatic carbocycles. The second kappa shape index (κ2) is 11.1. The van der Waals surface area contributed by atoms with Crippen LogP contribution < -0.4 is 15.8 Å². The molecule has 0 fully saturated rings. The van der Waals surface area contributed by atoms with Crippen LogP contribution in [0.5, 0.6) is 5.88 Å². The number of pyridine rings is 3. The van der Waals surface area contributed by atoms with Crippen LogP contribution >= 0.6 is 0 Å². The number of esters is 1. The normalized spacial score (nSPS) is 19.6. The van der Waals surface area contributed by atoms with E-state index in [1.807, 2.05) is 33.8 Å². The van der Waals surface area contributed by atoms with Gasteiger partial charge in [0.25, 0.3) is 0 Å². The topological polar surface area (TPSA) is 146 Å². The third-order valence-electron chi connectivity index (χ3n) is 7.16. The number of carbonyl (C=O) groups excluding carboxylic acids is 1. The lowest BCUT2D eigenvalue weighted by atomic mass is 9.87. The standard InChI is InChI=1S/C28H37N5O5S/c1-7-11-28(5,29)22-15-31-26(37-16(2)10-12-39(6,35)36)21-14-30-24(13-20(21)22)32-23-9-8-19-25(33-23)17(3)18(4)38-27(19)34/h8-9,13-18H,7,10-12,29H2,1-6H3,(H,30,32,33)/t16-,17+,18+,28-/m1/s1. The molecule has 0 aliphatic carbocycles. The molecule has 0 spiro atoms. The fourth-order valence-electron chi connectivity index (χ4n) is 4.76. The Balaban J connectivity index is 1.71. The van der Waals surface area contributed by atoms with Crippen molar-refractivity contribution in [2.45, 2.75) is 77.5 Å². The van der Waals surface area contributed by atoms with Crippen molar-refractivity contribution in [2.75, 3.05) is 17.3 Å². The first-order valence-electron chi connectivity index (χ1n) is 13.2. The summed E-state index contributed by atoms with van der Waals surface area (Å²) in [6, 6.07) is 5.33. The van der Waals surface area contributed by atoms with Gasteiger partial charge in [0.2, 0.25) is 5.88 Å². The summed E-state index contributed by atoms with van der Waals surface area (Å²) in [6.07, 6.45) is 5.97. The number of ether oxygens (including phenoxy) is 2. The predicted octanol–water partition coefficient (Wildman–Crippen LogP) is 4.61. The van der Waals surface area contributed by atoms with Gasteiger partial charge in [-0.15, -0.1) is 0 Å². The van der Waals surface area contributed by atoms with E-state index in [-0.39, 0.29) is 29.8 Å². The summed E-state index contributed by atoms with van der Waals surface area (Å²) in [4.78, 5) is 26.1. The van der Waals surface area contributed by atoms with Gasteiger partial charge >= 0.3 is 5.97 Å². The van der Waals surface area contributed by atoms with Crippen molar-refractivity contribution in [3.63, 3.8) is 0 Å². The monoisotopic (exact) mass is 555 g/mol.